The van der Waals surface area contributed by atoms with Crippen molar-refractivity contribution in [2.75, 3.05) is 13.7 Å². The van der Waals surface area contributed by atoms with Crippen LogP contribution in [0.4, 0.5) is 4.39 Å². The summed E-state index contributed by atoms with van der Waals surface area (Å²) < 4.78 is 20.1. The number of methoxy groups -OCH3 is 1. The lowest BCUT2D eigenvalue weighted by Gasteiger charge is -2.12. The Bertz CT molecular complexity index is 1010. The van der Waals surface area contributed by atoms with Gasteiger partial charge in [-0.1, -0.05) is 0 Å². The fraction of sp³-hybridized carbons (Fsp3) is 0.263. The van der Waals surface area contributed by atoms with Crippen LogP contribution in [-0.4, -0.2) is 29.1 Å². The van der Waals surface area contributed by atoms with Gasteiger partial charge in [0.1, 0.15) is 12.4 Å². The molecular formula is C19H20FN3O3. The van der Waals surface area contributed by atoms with Gasteiger partial charge >= 0.3 is 0 Å². The Morgan fingerprint density at radius 1 is 1.35 bits per heavy atom. The van der Waals surface area contributed by atoms with Crippen molar-refractivity contribution in [2.24, 2.45) is 0 Å². The van der Waals surface area contributed by atoms with E-state index in [0.29, 0.717) is 18.7 Å². The first-order valence-electron chi connectivity index (χ1n) is 8.25. The zero-order valence-corrected chi connectivity index (χ0v) is 14.6. The molecule has 2 aromatic heterocycles. The van der Waals surface area contributed by atoms with Gasteiger partial charge in [0, 0.05) is 35.4 Å². The van der Waals surface area contributed by atoms with Gasteiger partial charge in [0.15, 0.2) is 5.75 Å². The summed E-state index contributed by atoms with van der Waals surface area (Å²) in [5, 5.41) is 3.66. The minimum absolute atomic E-state index is 0.0883. The van der Waals surface area contributed by atoms with E-state index < -0.39 is 0 Å². The predicted octanol–water partition coefficient (Wildman–Crippen LogP) is 2.14. The predicted molar refractivity (Wildman–Crippen MR) is 97.0 cm³/mol. The Hall–Kier alpha value is -3.09. The molecule has 0 saturated heterocycles. The summed E-state index contributed by atoms with van der Waals surface area (Å²) in [6.07, 6.45) is 3.94. The van der Waals surface area contributed by atoms with Crippen LogP contribution >= 0.6 is 0 Å². The van der Waals surface area contributed by atoms with Crippen molar-refractivity contribution in [3.05, 3.63) is 64.0 Å². The molecule has 7 heteroatoms. The van der Waals surface area contributed by atoms with E-state index in [1.54, 1.807) is 17.6 Å². The van der Waals surface area contributed by atoms with E-state index in [9.17, 15) is 14.0 Å². The summed E-state index contributed by atoms with van der Waals surface area (Å²) in [5.41, 5.74) is 2.27. The lowest BCUT2D eigenvalue weighted by atomic mass is 10.1. The topological polar surface area (TPSA) is 76.1 Å². The number of aromatic amines is 1. The average molecular weight is 357 g/mol. The number of fused-ring (bicyclic) bond motifs is 1. The largest absolute Gasteiger partial charge is 0.491 e. The third-order valence-electron chi connectivity index (χ3n) is 4.29. The standard InChI is InChI=1S/C19H20FN3O3/c1-12-7-17(24)18(26-2)10-23(12)11-19(25)21-6-5-13-9-22-16-4-3-14(20)8-15(13)16/h3-4,7-10,22H,5-6,11H2,1-2H3,(H,21,25). The monoisotopic (exact) mass is 357 g/mol. The quantitative estimate of drug-likeness (QED) is 0.710. The lowest BCUT2D eigenvalue weighted by molar-refractivity contribution is -0.121. The molecule has 0 aliphatic carbocycles. The fourth-order valence-corrected chi connectivity index (χ4v) is 2.88. The maximum Gasteiger partial charge on any atom is 0.239 e. The van der Waals surface area contributed by atoms with Crippen molar-refractivity contribution >= 4 is 16.8 Å². The Labute approximate surface area is 149 Å². The molecular weight excluding hydrogens is 337 g/mol. The Morgan fingerprint density at radius 3 is 2.92 bits per heavy atom. The smallest absolute Gasteiger partial charge is 0.239 e. The molecule has 0 fully saturated rings. The molecule has 0 radical (unpaired) electrons. The highest BCUT2D eigenvalue weighted by molar-refractivity contribution is 5.83. The van der Waals surface area contributed by atoms with Gasteiger partial charge in [-0.25, -0.2) is 4.39 Å². The number of amides is 1. The van der Waals surface area contributed by atoms with Crippen LogP contribution in [0.15, 0.2) is 41.5 Å². The van der Waals surface area contributed by atoms with Gasteiger partial charge in [0.2, 0.25) is 11.3 Å². The van der Waals surface area contributed by atoms with Crippen molar-refractivity contribution in [1.29, 1.82) is 0 Å². The van der Waals surface area contributed by atoms with Crippen molar-refractivity contribution in [1.82, 2.24) is 14.9 Å². The summed E-state index contributed by atoms with van der Waals surface area (Å²) in [4.78, 5) is 26.9. The summed E-state index contributed by atoms with van der Waals surface area (Å²) >= 11 is 0. The number of nitrogens with one attached hydrogen (secondary N) is 2. The number of pyridine rings is 1. The molecule has 1 aromatic carbocycles. The molecule has 0 aliphatic rings. The molecule has 0 aliphatic heterocycles. The molecule has 0 saturated carbocycles. The summed E-state index contributed by atoms with van der Waals surface area (Å²) in [6.45, 7) is 2.28. The van der Waals surface area contributed by atoms with Crippen molar-refractivity contribution in [2.45, 2.75) is 19.9 Å². The molecule has 1 amide bonds. The third-order valence-corrected chi connectivity index (χ3v) is 4.29. The second kappa shape index (κ2) is 7.43. The van der Waals surface area contributed by atoms with Crippen LogP contribution in [-0.2, 0) is 17.8 Å². The van der Waals surface area contributed by atoms with Gasteiger partial charge in [-0.05, 0) is 37.1 Å². The summed E-state index contributed by atoms with van der Waals surface area (Å²) in [7, 11) is 1.42. The Kier molecular flexibility index (Phi) is 5.06. The SMILES string of the molecule is COc1cn(CC(=O)NCCc2c[nH]c3ccc(F)cc23)c(C)cc1=O. The van der Waals surface area contributed by atoms with Crippen LogP contribution in [0.1, 0.15) is 11.3 Å². The number of hydrogen-bond acceptors (Lipinski definition) is 3. The van der Waals surface area contributed by atoms with Crippen LogP contribution in [0.2, 0.25) is 0 Å². The van der Waals surface area contributed by atoms with Crippen molar-refractivity contribution in [3.8, 4) is 5.75 Å². The van der Waals surface area contributed by atoms with Gasteiger partial charge in [-0.3, -0.25) is 9.59 Å². The Balaban J connectivity index is 1.61. The van der Waals surface area contributed by atoms with E-state index in [-0.39, 0.29) is 29.4 Å². The Morgan fingerprint density at radius 2 is 2.15 bits per heavy atom. The molecule has 2 heterocycles. The highest BCUT2D eigenvalue weighted by Gasteiger charge is 2.09. The van der Waals surface area contributed by atoms with Crippen LogP contribution in [0.25, 0.3) is 10.9 Å². The lowest BCUT2D eigenvalue weighted by Crippen LogP contribution is -2.30. The van der Waals surface area contributed by atoms with Gasteiger partial charge in [-0.2, -0.15) is 0 Å². The number of carbonyl (C=O) groups excluding carboxylic acids is 1. The second-order valence-corrected chi connectivity index (χ2v) is 6.08. The number of rotatable bonds is 6. The molecule has 3 rings (SSSR count). The number of aryl methyl sites for hydroxylation is 1. The molecule has 0 unspecified atom stereocenters. The highest BCUT2D eigenvalue weighted by Crippen LogP contribution is 2.19. The maximum atomic E-state index is 13.4. The zero-order chi connectivity index (χ0) is 18.7. The van der Waals surface area contributed by atoms with E-state index in [1.807, 2.05) is 6.20 Å². The van der Waals surface area contributed by atoms with Crippen molar-refractivity contribution < 1.29 is 13.9 Å². The van der Waals surface area contributed by atoms with Crippen LogP contribution in [0, 0.1) is 12.7 Å². The molecule has 2 N–H and O–H groups in total. The fourth-order valence-electron chi connectivity index (χ4n) is 2.88. The average Bonchev–Trinajstić information content (AvgIpc) is 2.99. The molecule has 0 spiro atoms. The number of carbonyl (C=O) groups is 1. The molecule has 0 bridgehead atoms. The number of halogens is 1. The molecule has 3 aromatic rings. The molecule has 6 nitrogen and oxygen atoms in total. The molecule has 0 atom stereocenters. The summed E-state index contributed by atoms with van der Waals surface area (Å²) in [6, 6.07) is 6.02. The number of benzene rings is 1. The van der Waals surface area contributed by atoms with Crippen LogP contribution < -0.4 is 15.5 Å². The number of H-pyrrole nitrogens is 1. The minimum atomic E-state index is -0.287. The van der Waals surface area contributed by atoms with E-state index in [1.165, 1.54) is 31.5 Å². The first kappa shape index (κ1) is 17.7. The molecule has 136 valence electrons. The normalized spacial score (nSPS) is 10.9. The van der Waals surface area contributed by atoms with Crippen molar-refractivity contribution in [3.63, 3.8) is 0 Å². The second-order valence-electron chi connectivity index (χ2n) is 6.08. The van der Waals surface area contributed by atoms with E-state index in [4.69, 9.17) is 4.74 Å². The highest BCUT2D eigenvalue weighted by atomic mass is 19.1. The number of hydrogen-bond donors (Lipinski definition) is 2. The maximum absolute atomic E-state index is 13.4. The minimum Gasteiger partial charge on any atom is -0.491 e. The first-order chi connectivity index (χ1) is 12.5. The number of ether oxygens (including phenoxy) is 1. The van der Waals surface area contributed by atoms with Gasteiger partial charge < -0.3 is 19.6 Å². The van der Waals surface area contributed by atoms with E-state index in [0.717, 1.165) is 16.5 Å². The van der Waals surface area contributed by atoms with E-state index >= 15 is 0 Å². The summed E-state index contributed by atoms with van der Waals surface area (Å²) in [5.74, 6) is -0.265. The van der Waals surface area contributed by atoms with Crippen LogP contribution in [0.3, 0.4) is 0 Å². The van der Waals surface area contributed by atoms with E-state index in [2.05, 4.69) is 10.3 Å². The number of aromatic nitrogens is 2. The van der Waals surface area contributed by atoms with Gasteiger partial charge in [-0.15, -0.1) is 0 Å². The van der Waals surface area contributed by atoms with Crippen LogP contribution in [0.5, 0.6) is 5.75 Å². The number of nitrogens with zero attached hydrogens (tertiary/aromatic N) is 1. The third kappa shape index (κ3) is 3.77. The first-order valence-corrected chi connectivity index (χ1v) is 8.25. The van der Waals surface area contributed by atoms with Gasteiger partial charge in [0.05, 0.1) is 13.3 Å². The molecule has 26 heavy (non-hydrogen) atoms. The van der Waals surface area contributed by atoms with Gasteiger partial charge in [0.25, 0.3) is 0 Å². The zero-order valence-electron chi connectivity index (χ0n) is 14.6.